The molecule has 1 saturated carbocycles. The van der Waals surface area contributed by atoms with Gasteiger partial charge in [0.2, 0.25) is 5.91 Å². The molecule has 1 aliphatic rings. The van der Waals surface area contributed by atoms with Crippen LogP contribution >= 0.6 is 0 Å². The van der Waals surface area contributed by atoms with Gasteiger partial charge in [-0.1, -0.05) is 6.92 Å². The van der Waals surface area contributed by atoms with Crippen LogP contribution in [0.1, 0.15) is 49.4 Å². The van der Waals surface area contributed by atoms with Gasteiger partial charge >= 0.3 is 0 Å². The fourth-order valence-electron chi connectivity index (χ4n) is 2.84. The highest BCUT2D eigenvalue weighted by Crippen LogP contribution is 2.26. The van der Waals surface area contributed by atoms with Gasteiger partial charge < -0.3 is 16.4 Å². The lowest BCUT2D eigenvalue weighted by Gasteiger charge is -2.36. The first kappa shape index (κ1) is 14.8. The number of carbonyl (C=O) groups excluding carboxylic acids is 1. The third-order valence-corrected chi connectivity index (χ3v) is 3.97. The second kappa shape index (κ2) is 6.70. The number of aromatic nitrogens is 1. The zero-order chi connectivity index (χ0) is 14.5. The zero-order valence-corrected chi connectivity index (χ0v) is 12.1. The predicted molar refractivity (Wildman–Crippen MR) is 80.6 cm³/mol. The van der Waals surface area contributed by atoms with Crippen molar-refractivity contribution < 1.29 is 4.79 Å². The molecule has 1 aliphatic carbocycles. The Bertz CT molecular complexity index is 438. The molecule has 5 nitrogen and oxygen atoms in total. The van der Waals surface area contributed by atoms with E-state index in [1.807, 2.05) is 6.07 Å². The molecule has 0 spiro atoms. The Balaban J connectivity index is 2.13. The van der Waals surface area contributed by atoms with E-state index in [0.717, 1.165) is 44.5 Å². The van der Waals surface area contributed by atoms with Crippen molar-refractivity contribution in [3.8, 4) is 0 Å². The smallest absolute Gasteiger partial charge is 0.250 e. The first-order chi connectivity index (χ1) is 9.61. The molecule has 2 rings (SSSR count). The van der Waals surface area contributed by atoms with E-state index in [0.29, 0.717) is 17.6 Å². The van der Waals surface area contributed by atoms with Crippen LogP contribution in [0, 0.1) is 0 Å². The van der Waals surface area contributed by atoms with Crippen molar-refractivity contribution in [2.24, 2.45) is 11.5 Å². The molecule has 0 bridgehead atoms. The molecular weight excluding hydrogens is 252 g/mol. The summed E-state index contributed by atoms with van der Waals surface area (Å²) in [6.07, 6.45) is 7.01. The number of pyridine rings is 1. The number of carbonyl (C=O) groups is 1. The van der Waals surface area contributed by atoms with Crippen molar-refractivity contribution in [1.29, 1.82) is 0 Å². The third-order valence-electron chi connectivity index (χ3n) is 3.97. The number of nitrogens with zero attached hydrogens (tertiary/aromatic N) is 2. The first-order valence-electron chi connectivity index (χ1n) is 7.40. The van der Waals surface area contributed by atoms with Crippen LogP contribution in [0.5, 0.6) is 0 Å². The second-order valence-corrected chi connectivity index (χ2v) is 5.53. The molecule has 0 aromatic carbocycles. The van der Waals surface area contributed by atoms with E-state index >= 15 is 0 Å². The van der Waals surface area contributed by atoms with Crippen LogP contribution in [-0.4, -0.2) is 29.5 Å². The standard InChI is InChI=1S/C15H24N4O/c1-2-9-19(13-6-4-12(16)5-7-13)14-8-3-11(10-18-14)15(17)20/h3,8,10,12-13H,2,4-7,9,16H2,1H3,(H2,17,20). The van der Waals surface area contributed by atoms with Gasteiger partial charge in [-0.3, -0.25) is 4.79 Å². The number of hydrogen-bond donors (Lipinski definition) is 2. The van der Waals surface area contributed by atoms with Crippen molar-refractivity contribution in [3.05, 3.63) is 23.9 Å². The molecule has 0 radical (unpaired) electrons. The predicted octanol–water partition coefficient (Wildman–Crippen LogP) is 1.67. The minimum absolute atomic E-state index is 0.347. The Hall–Kier alpha value is -1.62. The summed E-state index contributed by atoms with van der Waals surface area (Å²) in [5.41, 5.74) is 11.7. The highest BCUT2D eigenvalue weighted by molar-refractivity contribution is 5.92. The topological polar surface area (TPSA) is 85.2 Å². The van der Waals surface area contributed by atoms with Crippen LogP contribution in [0.25, 0.3) is 0 Å². The molecule has 4 N–H and O–H groups in total. The molecule has 1 aromatic heterocycles. The maximum atomic E-state index is 11.1. The first-order valence-corrected chi connectivity index (χ1v) is 7.40. The average molecular weight is 276 g/mol. The SMILES string of the molecule is CCCN(c1ccc(C(N)=O)cn1)C1CCC(N)CC1. The maximum absolute atomic E-state index is 11.1. The van der Waals surface area contributed by atoms with Gasteiger partial charge in [0, 0.05) is 24.8 Å². The number of rotatable bonds is 5. The van der Waals surface area contributed by atoms with Crippen LogP contribution < -0.4 is 16.4 Å². The molecular formula is C15H24N4O. The van der Waals surface area contributed by atoms with Crippen molar-refractivity contribution in [2.45, 2.75) is 51.1 Å². The minimum atomic E-state index is -0.435. The van der Waals surface area contributed by atoms with Crippen LogP contribution in [0.3, 0.4) is 0 Å². The molecule has 5 heteroatoms. The molecule has 0 unspecified atom stereocenters. The Labute approximate surface area is 120 Å². The summed E-state index contributed by atoms with van der Waals surface area (Å²) in [6.45, 7) is 3.14. The maximum Gasteiger partial charge on any atom is 0.250 e. The summed E-state index contributed by atoms with van der Waals surface area (Å²) in [7, 11) is 0. The number of hydrogen-bond acceptors (Lipinski definition) is 4. The Morgan fingerprint density at radius 3 is 2.55 bits per heavy atom. The van der Waals surface area contributed by atoms with E-state index in [4.69, 9.17) is 11.5 Å². The van der Waals surface area contributed by atoms with Crippen LogP contribution in [0.15, 0.2) is 18.3 Å². The Morgan fingerprint density at radius 2 is 2.05 bits per heavy atom. The van der Waals surface area contributed by atoms with Gasteiger partial charge in [0.15, 0.2) is 0 Å². The molecule has 0 aliphatic heterocycles. The summed E-state index contributed by atoms with van der Waals surface area (Å²) in [5, 5.41) is 0. The van der Waals surface area contributed by atoms with Crippen molar-refractivity contribution in [2.75, 3.05) is 11.4 Å². The van der Waals surface area contributed by atoms with Crippen molar-refractivity contribution in [1.82, 2.24) is 4.98 Å². The third kappa shape index (κ3) is 3.48. The average Bonchev–Trinajstić information content (AvgIpc) is 2.46. The largest absolute Gasteiger partial charge is 0.366 e. The summed E-state index contributed by atoms with van der Waals surface area (Å²) in [6, 6.07) is 4.49. The summed E-state index contributed by atoms with van der Waals surface area (Å²) in [5.74, 6) is 0.493. The van der Waals surface area contributed by atoms with E-state index in [2.05, 4.69) is 16.8 Å². The van der Waals surface area contributed by atoms with E-state index in [1.54, 1.807) is 12.3 Å². The van der Waals surface area contributed by atoms with E-state index < -0.39 is 5.91 Å². The lowest BCUT2D eigenvalue weighted by Crippen LogP contribution is -2.41. The molecule has 110 valence electrons. The van der Waals surface area contributed by atoms with Crippen LogP contribution in [-0.2, 0) is 0 Å². The lowest BCUT2D eigenvalue weighted by molar-refractivity contribution is 0.1000. The Kier molecular flexibility index (Phi) is 4.95. The van der Waals surface area contributed by atoms with Crippen LogP contribution in [0.4, 0.5) is 5.82 Å². The van der Waals surface area contributed by atoms with Gasteiger partial charge in [-0.25, -0.2) is 4.98 Å². The number of nitrogens with two attached hydrogens (primary N) is 2. The fraction of sp³-hybridized carbons (Fsp3) is 0.600. The van der Waals surface area contributed by atoms with Crippen molar-refractivity contribution in [3.63, 3.8) is 0 Å². The zero-order valence-electron chi connectivity index (χ0n) is 12.1. The highest BCUT2D eigenvalue weighted by Gasteiger charge is 2.24. The summed E-state index contributed by atoms with van der Waals surface area (Å²) < 4.78 is 0. The summed E-state index contributed by atoms with van der Waals surface area (Å²) in [4.78, 5) is 17.9. The van der Waals surface area contributed by atoms with E-state index in [9.17, 15) is 4.79 Å². The number of primary amides is 1. The van der Waals surface area contributed by atoms with Crippen molar-refractivity contribution >= 4 is 11.7 Å². The van der Waals surface area contributed by atoms with Gasteiger partial charge in [0.05, 0.1) is 5.56 Å². The number of anilines is 1. The van der Waals surface area contributed by atoms with E-state index in [-0.39, 0.29) is 0 Å². The lowest BCUT2D eigenvalue weighted by atomic mass is 9.90. The summed E-state index contributed by atoms with van der Waals surface area (Å²) >= 11 is 0. The van der Waals surface area contributed by atoms with Gasteiger partial charge in [-0.05, 0) is 44.2 Å². The Morgan fingerprint density at radius 1 is 1.35 bits per heavy atom. The highest BCUT2D eigenvalue weighted by atomic mass is 16.1. The van der Waals surface area contributed by atoms with Gasteiger partial charge in [-0.15, -0.1) is 0 Å². The molecule has 1 aromatic rings. The van der Waals surface area contributed by atoms with Gasteiger partial charge in [-0.2, -0.15) is 0 Å². The second-order valence-electron chi connectivity index (χ2n) is 5.53. The molecule has 20 heavy (non-hydrogen) atoms. The molecule has 0 atom stereocenters. The molecule has 0 saturated heterocycles. The quantitative estimate of drug-likeness (QED) is 0.856. The van der Waals surface area contributed by atoms with Gasteiger partial charge in [0.1, 0.15) is 5.82 Å². The minimum Gasteiger partial charge on any atom is -0.366 e. The van der Waals surface area contributed by atoms with Gasteiger partial charge in [0.25, 0.3) is 0 Å². The molecule has 1 amide bonds. The molecule has 1 heterocycles. The number of amides is 1. The monoisotopic (exact) mass is 276 g/mol. The van der Waals surface area contributed by atoms with Crippen LogP contribution in [0.2, 0.25) is 0 Å². The fourth-order valence-corrected chi connectivity index (χ4v) is 2.84. The van der Waals surface area contributed by atoms with E-state index in [1.165, 1.54) is 0 Å². The molecule has 1 fully saturated rings. The normalized spacial score (nSPS) is 22.5.